The van der Waals surface area contributed by atoms with Gasteiger partial charge >= 0.3 is 5.91 Å². The molecule has 0 fully saturated rings. The van der Waals surface area contributed by atoms with Crippen molar-refractivity contribution in [3.8, 4) is 17.9 Å². The first-order valence-corrected chi connectivity index (χ1v) is 8.19. The van der Waals surface area contributed by atoms with Crippen LogP contribution in [0.25, 0.3) is 0 Å². The zero-order valence-electron chi connectivity index (χ0n) is 14.1. The van der Waals surface area contributed by atoms with Gasteiger partial charge in [0, 0.05) is 11.1 Å². The molecule has 3 heteroatoms. The summed E-state index contributed by atoms with van der Waals surface area (Å²) in [7, 11) is 0. The van der Waals surface area contributed by atoms with E-state index in [2.05, 4.69) is 11.8 Å². The van der Waals surface area contributed by atoms with Crippen LogP contribution in [0.2, 0.25) is 0 Å². The van der Waals surface area contributed by atoms with E-state index in [0.29, 0.717) is 17.8 Å². The summed E-state index contributed by atoms with van der Waals surface area (Å²) in [5.41, 5.74) is 3.17. The average Bonchev–Trinajstić information content (AvgIpc) is 2.72. The number of benzene rings is 3. The van der Waals surface area contributed by atoms with Crippen molar-refractivity contribution in [1.82, 2.24) is 0 Å². The van der Waals surface area contributed by atoms with Gasteiger partial charge in [-0.3, -0.25) is 9.69 Å². The van der Waals surface area contributed by atoms with Crippen LogP contribution in [0.4, 0.5) is 5.69 Å². The van der Waals surface area contributed by atoms with Crippen molar-refractivity contribution in [2.45, 2.75) is 6.54 Å². The monoisotopic (exact) mass is 336 g/mol. The van der Waals surface area contributed by atoms with Gasteiger partial charge in [-0.15, -0.1) is 0 Å². The van der Waals surface area contributed by atoms with E-state index in [0.717, 1.165) is 11.1 Å². The molecule has 0 saturated heterocycles. The van der Waals surface area contributed by atoms with Crippen molar-refractivity contribution in [2.24, 2.45) is 0 Å². The van der Waals surface area contributed by atoms with Gasteiger partial charge in [-0.1, -0.05) is 72.5 Å². The number of carbonyl (C=O) groups excluding carboxylic acids is 1. The lowest BCUT2D eigenvalue weighted by Crippen LogP contribution is -2.29. The number of hydrogen-bond acceptors (Lipinski definition) is 2. The smallest absolute Gasteiger partial charge is 0.294 e. The summed E-state index contributed by atoms with van der Waals surface area (Å²) >= 11 is 0. The van der Waals surface area contributed by atoms with Gasteiger partial charge in [-0.25, -0.2) is 0 Å². The number of carbonyl (C=O) groups is 1. The van der Waals surface area contributed by atoms with Crippen LogP contribution in [0.1, 0.15) is 16.7 Å². The molecule has 0 N–H and O–H groups in total. The van der Waals surface area contributed by atoms with Crippen molar-refractivity contribution >= 4 is 11.6 Å². The molecule has 0 heterocycles. The molecule has 0 radical (unpaired) electrons. The molecular formula is C23H16N2O. The van der Waals surface area contributed by atoms with Crippen LogP contribution in [0.15, 0.2) is 84.9 Å². The highest BCUT2D eigenvalue weighted by Crippen LogP contribution is 2.22. The third-order valence-corrected chi connectivity index (χ3v) is 3.83. The quantitative estimate of drug-likeness (QED) is 0.533. The van der Waals surface area contributed by atoms with E-state index in [-0.39, 0.29) is 0 Å². The largest absolute Gasteiger partial charge is 0.329 e. The summed E-state index contributed by atoms with van der Waals surface area (Å²) in [6.07, 6.45) is 0. The van der Waals surface area contributed by atoms with E-state index in [1.54, 1.807) is 6.07 Å². The van der Waals surface area contributed by atoms with E-state index in [9.17, 15) is 4.79 Å². The van der Waals surface area contributed by atoms with Gasteiger partial charge in [0.25, 0.3) is 0 Å². The summed E-state index contributed by atoms with van der Waals surface area (Å²) in [5, 5.41) is 9.17. The van der Waals surface area contributed by atoms with Crippen molar-refractivity contribution in [2.75, 3.05) is 4.90 Å². The topological polar surface area (TPSA) is 44.1 Å². The van der Waals surface area contributed by atoms with Crippen LogP contribution in [0.3, 0.4) is 0 Å². The number of nitrogens with zero attached hydrogens (tertiary/aromatic N) is 2. The standard InChI is InChI=1S/C23H16N2O/c24-17-23(26)25(18-20-11-5-2-6-12-20)22-14-8-7-13-21(22)16-15-19-9-3-1-4-10-19/h1-14H,18H2. The van der Waals surface area contributed by atoms with Gasteiger partial charge in [0.15, 0.2) is 6.07 Å². The molecule has 3 aromatic carbocycles. The zero-order chi connectivity index (χ0) is 18.2. The second-order valence-electron chi connectivity index (χ2n) is 5.62. The Labute approximate surface area is 153 Å². The molecule has 0 bridgehead atoms. The maximum atomic E-state index is 12.3. The van der Waals surface area contributed by atoms with E-state index >= 15 is 0 Å². The molecule has 0 spiro atoms. The number of anilines is 1. The van der Waals surface area contributed by atoms with E-state index < -0.39 is 5.91 Å². The van der Waals surface area contributed by atoms with Gasteiger partial charge in [0.05, 0.1) is 12.2 Å². The molecule has 0 aromatic heterocycles. The number of para-hydroxylation sites is 1. The van der Waals surface area contributed by atoms with Gasteiger partial charge in [-0.2, -0.15) is 5.26 Å². The Bertz CT molecular complexity index is 993. The minimum absolute atomic E-state index is 0.317. The molecule has 3 aromatic rings. The summed E-state index contributed by atoms with van der Waals surface area (Å²) in [6.45, 7) is 0.317. The number of hydrogen-bond donors (Lipinski definition) is 0. The lowest BCUT2D eigenvalue weighted by Gasteiger charge is -2.21. The Balaban J connectivity index is 1.99. The van der Waals surface area contributed by atoms with Crippen LogP contribution in [0, 0.1) is 23.2 Å². The summed E-state index contributed by atoms with van der Waals surface area (Å²) < 4.78 is 0. The third kappa shape index (κ3) is 4.17. The summed E-state index contributed by atoms with van der Waals surface area (Å²) in [5.74, 6) is 5.62. The number of nitriles is 1. The zero-order valence-corrected chi connectivity index (χ0v) is 14.1. The molecule has 0 aliphatic heterocycles. The normalized spacial score (nSPS) is 9.50. The van der Waals surface area contributed by atoms with Crippen molar-refractivity contribution in [1.29, 1.82) is 5.26 Å². The summed E-state index contributed by atoms with van der Waals surface area (Å²) in [6, 6.07) is 28.3. The SMILES string of the molecule is N#CC(=O)N(Cc1ccccc1)c1ccccc1C#Cc1ccccc1. The minimum atomic E-state index is -0.609. The van der Waals surface area contributed by atoms with E-state index in [1.165, 1.54) is 4.90 Å². The van der Waals surface area contributed by atoms with Gasteiger partial charge in [0.1, 0.15) is 0 Å². The van der Waals surface area contributed by atoms with Crippen LogP contribution >= 0.6 is 0 Å². The lowest BCUT2D eigenvalue weighted by molar-refractivity contribution is -0.113. The fourth-order valence-electron chi connectivity index (χ4n) is 2.57. The molecule has 1 amide bonds. The highest BCUT2D eigenvalue weighted by atomic mass is 16.2. The fourth-order valence-corrected chi connectivity index (χ4v) is 2.57. The summed E-state index contributed by atoms with van der Waals surface area (Å²) in [4.78, 5) is 13.7. The molecule has 26 heavy (non-hydrogen) atoms. The Kier molecular flexibility index (Phi) is 5.45. The van der Waals surface area contributed by atoms with Crippen LogP contribution < -0.4 is 4.90 Å². The molecule has 3 nitrogen and oxygen atoms in total. The average molecular weight is 336 g/mol. The van der Waals surface area contributed by atoms with Gasteiger partial charge in [-0.05, 0) is 29.8 Å². The van der Waals surface area contributed by atoms with Crippen molar-refractivity contribution in [3.63, 3.8) is 0 Å². The van der Waals surface area contributed by atoms with E-state index in [1.807, 2.05) is 84.9 Å². The number of rotatable bonds is 3. The lowest BCUT2D eigenvalue weighted by atomic mass is 10.1. The molecule has 0 aliphatic carbocycles. The Morgan fingerprint density at radius 2 is 1.42 bits per heavy atom. The second kappa shape index (κ2) is 8.33. The third-order valence-electron chi connectivity index (χ3n) is 3.83. The Hall–Kier alpha value is -3.82. The van der Waals surface area contributed by atoms with Crippen LogP contribution in [-0.4, -0.2) is 5.91 Å². The molecule has 124 valence electrons. The van der Waals surface area contributed by atoms with Crippen LogP contribution in [-0.2, 0) is 11.3 Å². The molecule has 3 rings (SSSR count). The minimum Gasteiger partial charge on any atom is -0.294 e. The molecule has 0 atom stereocenters. The van der Waals surface area contributed by atoms with Crippen LogP contribution in [0.5, 0.6) is 0 Å². The first-order valence-electron chi connectivity index (χ1n) is 8.19. The highest BCUT2D eigenvalue weighted by molar-refractivity contribution is 6.05. The fraction of sp³-hybridized carbons (Fsp3) is 0.0435. The van der Waals surface area contributed by atoms with Crippen molar-refractivity contribution in [3.05, 3.63) is 102 Å². The Morgan fingerprint density at radius 1 is 0.808 bits per heavy atom. The number of amides is 1. The first kappa shape index (κ1) is 17.0. The predicted octanol–water partition coefficient (Wildman–Crippen LogP) is 4.14. The Morgan fingerprint density at radius 3 is 2.12 bits per heavy atom. The molecule has 0 unspecified atom stereocenters. The second-order valence-corrected chi connectivity index (χ2v) is 5.62. The maximum absolute atomic E-state index is 12.3. The predicted molar refractivity (Wildman–Crippen MR) is 102 cm³/mol. The first-order chi connectivity index (χ1) is 12.8. The highest BCUT2D eigenvalue weighted by Gasteiger charge is 2.18. The maximum Gasteiger partial charge on any atom is 0.329 e. The van der Waals surface area contributed by atoms with E-state index in [4.69, 9.17) is 5.26 Å². The van der Waals surface area contributed by atoms with Crippen molar-refractivity contribution < 1.29 is 4.79 Å². The molecular weight excluding hydrogens is 320 g/mol. The van der Waals surface area contributed by atoms with Gasteiger partial charge in [0.2, 0.25) is 0 Å². The molecule has 0 saturated carbocycles. The molecule has 0 aliphatic rings. The van der Waals surface area contributed by atoms with Gasteiger partial charge < -0.3 is 0 Å².